The molecule has 0 radical (unpaired) electrons. The number of aryl methyl sites for hydroxylation is 1. The summed E-state index contributed by atoms with van der Waals surface area (Å²) in [7, 11) is 0. The second-order valence-corrected chi connectivity index (χ2v) is 6.52. The molecule has 0 saturated carbocycles. The third-order valence-electron chi connectivity index (χ3n) is 4.52. The third-order valence-corrected chi connectivity index (χ3v) is 4.52. The van der Waals surface area contributed by atoms with E-state index in [0.29, 0.717) is 45.0 Å². The van der Waals surface area contributed by atoms with E-state index >= 15 is 0 Å². The largest absolute Gasteiger partial charge is 0.387 e. The van der Waals surface area contributed by atoms with E-state index in [1.54, 1.807) is 11.0 Å². The van der Waals surface area contributed by atoms with Gasteiger partial charge in [0.25, 0.3) is 5.91 Å². The Hall–Kier alpha value is -1.44. The minimum Gasteiger partial charge on any atom is -0.387 e. The number of carbonyl (C=O) groups is 1. The number of hydrogen-bond acceptors (Lipinski definition) is 6. The zero-order valence-electron chi connectivity index (χ0n) is 13.7. The van der Waals surface area contributed by atoms with Crippen molar-refractivity contribution < 1.29 is 19.2 Å². The predicted molar refractivity (Wildman–Crippen MR) is 83.2 cm³/mol. The van der Waals surface area contributed by atoms with Crippen LogP contribution in [0.15, 0.2) is 10.6 Å². The van der Waals surface area contributed by atoms with Gasteiger partial charge in [0.15, 0.2) is 5.69 Å². The van der Waals surface area contributed by atoms with Crippen LogP contribution in [0.2, 0.25) is 0 Å². The zero-order valence-corrected chi connectivity index (χ0v) is 13.7. The van der Waals surface area contributed by atoms with Crippen LogP contribution >= 0.6 is 0 Å². The Balaban J connectivity index is 1.58. The molecule has 2 saturated heterocycles. The van der Waals surface area contributed by atoms with Crippen molar-refractivity contribution >= 4 is 5.91 Å². The molecule has 128 valence electrons. The maximum Gasteiger partial charge on any atom is 0.276 e. The number of likely N-dealkylation sites (tertiary alicyclic amines) is 1. The lowest BCUT2D eigenvalue weighted by Crippen LogP contribution is -2.49. The summed E-state index contributed by atoms with van der Waals surface area (Å²) in [4.78, 5) is 16.4. The van der Waals surface area contributed by atoms with Gasteiger partial charge in [-0.3, -0.25) is 9.69 Å². The SMILES string of the molecule is CCCc1cc(C(=O)N2CCC(O)(CN3CCOCC3)C2)no1. The Morgan fingerprint density at radius 3 is 2.91 bits per heavy atom. The van der Waals surface area contributed by atoms with Gasteiger partial charge in [0.1, 0.15) is 5.76 Å². The molecule has 2 aliphatic heterocycles. The fourth-order valence-corrected chi connectivity index (χ4v) is 3.27. The van der Waals surface area contributed by atoms with E-state index in [-0.39, 0.29) is 5.91 Å². The molecule has 1 aromatic heterocycles. The lowest BCUT2D eigenvalue weighted by Gasteiger charge is -2.33. The van der Waals surface area contributed by atoms with Gasteiger partial charge in [0.05, 0.1) is 25.4 Å². The lowest BCUT2D eigenvalue weighted by atomic mass is 10.0. The minimum absolute atomic E-state index is 0.158. The quantitative estimate of drug-likeness (QED) is 0.852. The Morgan fingerprint density at radius 2 is 2.17 bits per heavy atom. The van der Waals surface area contributed by atoms with Crippen molar-refractivity contribution in [3.05, 3.63) is 17.5 Å². The summed E-state index contributed by atoms with van der Waals surface area (Å²) in [5.41, 5.74) is -0.507. The summed E-state index contributed by atoms with van der Waals surface area (Å²) in [6.07, 6.45) is 2.32. The number of ether oxygens (including phenoxy) is 1. The van der Waals surface area contributed by atoms with Gasteiger partial charge in [-0.05, 0) is 12.8 Å². The van der Waals surface area contributed by atoms with Crippen LogP contribution in [0.3, 0.4) is 0 Å². The van der Waals surface area contributed by atoms with E-state index in [2.05, 4.69) is 17.0 Å². The van der Waals surface area contributed by atoms with Crippen LogP contribution in [0.4, 0.5) is 0 Å². The van der Waals surface area contributed by atoms with Crippen molar-refractivity contribution in [3.63, 3.8) is 0 Å². The molecule has 1 N–H and O–H groups in total. The maximum atomic E-state index is 12.5. The number of morpholine rings is 1. The Kier molecular flexibility index (Phi) is 4.99. The van der Waals surface area contributed by atoms with E-state index in [9.17, 15) is 9.90 Å². The number of rotatable bonds is 5. The van der Waals surface area contributed by atoms with E-state index in [1.165, 1.54) is 0 Å². The first-order valence-electron chi connectivity index (χ1n) is 8.37. The monoisotopic (exact) mass is 323 g/mol. The molecule has 2 aliphatic rings. The molecular weight excluding hydrogens is 298 g/mol. The van der Waals surface area contributed by atoms with Gasteiger partial charge in [-0.25, -0.2) is 0 Å². The number of amides is 1. The highest BCUT2D eigenvalue weighted by atomic mass is 16.5. The fourth-order valence-electron chi connectivity index (χ4n) is 3.27. The summed E-state index contributed by atoms with van der Waals surface area (Å²) >= 11 is 0. The Bertz CT molecular complexity index is 541. The van der Waals surface area contributed by atoms with E-state index in [0.717, 1.165) is 31.7 Å². The highest BCUT2D eigenvalue weighted by molar-refractivity contribution is 5.92. The molecule has 1 unspecified atom stereocenters. The van der Waals surface area contributed by atoms with Gasteiger partial charge in [0, 0.05) is 38.7 Å². The van der Waals surface area contributed by atoms with Crippen molar-refractivity contribution in [1.82, 2.24) is 15.0 Å². The highest BCUT2D eigenvalue weighted by Gasteiger charge is 2.40. The molecule has 2 fully saturated rings. The molecule has 0 aliphatic carbocycles. The third kappa shape index (κ3) is 3.91. The van der Waals surface area contributed by atoms with E-state index in [1.807, 2.05) is 0 Å². The summed E-state index contributed by atoms with van der Waals surface area (Å²) < 4.78 is 10.5. The van der Waals surface area contributed by atoms with Crippen LogP contribution in [0, 0.1) is 0 Å². The first kappa shape index (κ1) is 16.4. The standard InChI is InChI=1S/C16H25N3O4/c1-2-3-13-10-14(17-23-13)15(20)19-5-4-16(21,12-19)11-18-6-8-22-9-7-18/h10,21H,2-9,11-12H2,1H3. The van der Waals surface area contributed by atoms with Crippen LogP contribution in [-0.2, 0) is 11.2 Å². The summed E-state index contributed by atoms with van der Waals surface area (Å²) in [6.45, 7) is 6.61. The van der Waals surface area contributed by atoms with Crippen molar-refractivity contribution in [2.75, 3.05) is 45.9 Å². The number of nitrogens with zero attached hydrogens (tertiary/aromatic N) is 3. The van der Waals surface area contributed by atoms with Crippen LogP contribution < -0.4 is 0 Å². The van der Waals surface area contributed by atoms with Gasteiger partial charge in [-0.15, -0.1) is 0 Å². The maximum absolute atomic E-state index is 12.5. The molecule has 3 heterocycles. The normalized spacial score (nSPS) is 25.9. The summed E-state index contributed by atoms with van der Waals surface area (Å²) in [5.74, 6) is 0.577. The van der Waals surface area contributed by atoms with Gasteiger partial charge >= 0.3 is 0 Å². The smallest absolute Gasteiger partial charge is 0.276 e. The topological polar surface area (TPSA) is 79.0 Å². The number of hydrogen-bond donors (Lipinski definition) is 1. The van der Waals surface area contributed by atoms with Gasteiger partial charge in [-0.2, -0.15) is 0 Å². The zero-order chi connectivity index (χ0) is 16.3. The molecule has 0 spiro atoms. The predicted octanol–water partition coefficient (Wildman–Crippen LogP) is 0.536. The molecule has 0 aromatic carbocycles. The number of aromatic nitrogens is 1. The van der Waals surface area contributed by atoms with Crippen molar-refractivity contribution in [3.8, 4) is 0 Å². The average molecular weight is 323 g/mol. The van der Waals surface area contributed by atoms with Crippen molar-refractivity contribution in [2.24, 2.45) is 0 Å². The molecule has 7 heteroatoms. The minimum atomic E-state index is -0.844. The van der Waals surface area contributed by atoms with E-state index < -0.39 is 5.60 Å². The van der Waals surface area contributed by atoms with Crippen LogP contribution in [0.25, 0.3) is 0 Å². The molecule has 7 nitrogen and oxygen atoms in total. The molecule has 1 aromatic rings. The first-order valence-corrected chi connectivity index (χ1v) is 8.37. The fraction of sp³-hybridized carbons (Fsp3) is 0.750. The molecule has 1 amide bonds. The number of carbonyl (C=O) groups excluding carboxylic acids is 1. The van der Waals surface area contributed by atoms with Crippen molar-refractivity contribution in [1.29, 1.82) is 0 Å². The van der Waals surface area contributed by atoms with E-state index in [4.69, 9.17) is 9.26 Å². The van der Waals surface area contributed by atoms with Crippen LogP contribution in [0.1, 0.15) is 36.0 Å². The summed E-state index contributed by atoms with van der Waals surface area (Å²) in [6, 6.07) is 1.71. The lowest BCUT2D eigenvalue weighted by molar-refractivity contribution is -0.0257. The van der Waals surface area contributed by atoms with Crippen LogP contribution in [-0.4, -0.2) is 77.5 Å². The molecular formula is C16H25N3O4. The molecule has 0 bridgehead atoms. The Labute approximate surface area is 136 Å². The van der Waals surface area contributed by atoms with Crippen LogP contribution in [0.5, 0.6) is 0 Å². The summed E-state index contributed by atoms with van der Waals surface area (Å²) in [5, 5.41) is 14.6. The average Bonchev–Trinajstić information content (AvgIpc) is 3.15. The molecule has 3 rings (SSSR count). The van der Waals surface area contributed by atoms with Gasteiger partial charge < -0.3 is 19.3 Å². The highest BCUT2D eigenvalue weighted by Crippen LogP contribution is 2.24. The second kappa shape index (κ2) is 6.98. The first-order chi connectivity index (χ1) is 11.1. The molecule has 1 atom stereocenters. The number of aliphatic hydroxyl groups is 1. The van der Waals surface area contributed by atoms with Crippen molar-refractivity contribution in [2.45, 2.75) is 31.8 Å². The second-order valence-electron chi connectivity index (χ2n) is 6.52. The molecule has 23 heavy (non-hydrogen) atoms. The van der Waals surface area contributed by atoms with Gasteiger partial charge in [-0.1, -0.05) is 12.1 Å². The number of β-amino-alcohol motifs (C(OH)–C–C–N with tert-alkyl or cyclic N) is 1. The van der Waals surface area contributed by atoms with Gasteiger partial charge in [0.2, 0.25) is 0 Å². The Morgan fingerprint density at radius 1 is 1.39 bits per heavy atom.